The first kappa shape index (κ1) is 17.2. The third-order valence-corrected chi connectivity index (χ3v) is 2.98. The van der Waals surface area contributed by atoms with E-state index in [-0.39, 0.29) is 5.69 Å². The summed E-state index contributed by atoms with van der Waals surface area (Å²) in [5.74, 6) is 0.627. The summed E-state index contributed by atoms with van der Waals surface area (Å²) < 4.78 is 10.7. The summed E-state index contributed by atoms with van der Waals surface area (Å²) in [5, 5.41) is 3.86. The maximum absolute atomic E-state index is 11.9. The van der Waals surface area contributed by atoms with E-state index in [1.165, 1.54) is 12.3 Å². The molecule has 1 heterocycles. The van der Waals surface area contributed by atoms with Gasteiger partial charge in [-0.15, -0.1) is 0 Å². The minimum Gasteiger partial charge on any atom is -0.493 e. The molecule has 2 N–H and O–H groups in total. The Morgan fingerprint density at radius 1 is 1.38 bits per heavy atom. The maximum atomic E-state index is 11.9. The number of H-pyrrole nitrogens is 1. The lowest BCUT2D eigenvalue weighted by molar-refractivity contribution is 0.0949. The monoisotopic (exact) mass is 330 g/mol. The Morgan fingerprint density at radius 2 is 2.17 bits per heavy atom. The number of benzene rings is 1. The molecular weight excluding hydrogens is 312 g/mol. The number of nitrogens with one attached hydrogen (secondary N) is 2. The molecule has 0 radical (unpaired) electrons. The molecule has 0 aliphatic heterocycles. The normalized spacial score (nSPS) is 10.6. The first-order chi connectivity index (χ1) is 11.5. The van der Waals surface area contributed by atoms with Crippen LogP contribution >= 0.6 is 0 Å². The molecule has 0 saturated carbocycles. The minimum atomic E-state index is -0.583. The Hall–Kier alpha value is -3.16. The van der Waals surface area contributed by atoms with E-state index in [0.717, 1.165) is 0 Å². The van der Waals surface area contributed by atoms with Gasteiger partial charge in [-0.05, 0) is 43.7 Å². The maximum Gasteiger partial charge on any atom is 0.345 e. The summed E-state index contributed by atoms with van der Waals surface area (Å²) >= 11 is 0. The van der Waals surface area contributed by atoms with Gasteiger partial charge >= 0.3 is 5.69 Å². The lowest BCUT2D eigenvalue weighted by Gasteiger charge is -2.09. The highest BCUT2D eigenvalue weighted by Gasteiger charge is 2.08. The van der Waals surface area contributed by atoms with Crippen molar-refractivity contribution in [2.75, 3.05) is 13.7 Å². The van der Waals surface area contributed by atoms with Gasteiger partial charge in [0.05, 0.1) is 19.9 Å². The fourth-order valence-corrected chi connectivity index (χ4v) is 1.96. The topological polar surface area (TPSA) is 106 Å². The quantitative estimate of drug-likeness (QED) is 0.612. The van der Waals surface area contributed by atoms with Crippen LogP contribution in [0, 0.1) is 6.92 Å². The number of amides is 1. The van der Waals surface area contributed by atoms with Crippen LogP contribution in [0.25, 0.3) is 0 Å². The summed E-state index contributed by atoms with van der Waals surface area (Å²) in [6, 6.07) is 6.73. The molecule has 1 aromatic heterocycles. The molecule has 0 atom stereocenters. The van der Waals surface area contributed by atoms with Crippen LogP contribution in [-0.2, 0) is 0 Å². The predicted molar refractivity (Wildman–Crippen MR) is 88.8 cm³/mol. The number of methoxy groups -OCH3 is 1. The first-order valence-corrected chi connectivity index (χ1v) is 7.25. The van der Waals surface area contributed by atoms with Crippen molar-refractivity contribution in [1.82, 2.24) is 15.4 Å². The molecule has 2 rings (SSSR count). The molecule has 0 spiro atoms. The van der Waals surface area contributed by atoms with E-state index >= 15 is 0 Å². The molecule has 0 aliphatic rings. The second-order valence-electron chi connectivity index (χ2n) is 4.80. The molecule has 0 unspecified atom stereocenters. The zero-order valence-corrected chi connectivity index (χ0v) is 13.6. The minimum absolute atomic E-state index is 0.00215. The number of nitrogens with zero attached hydrogens (tertiary/aromatic N) is 2. The van der Waals surface area contributed by atoms with Gasteiger partial charge in [-0.1, -0.05) is 0 Å². The Morgan fingerprint density at radius 3 is 2.83 bits per heavy atom. The van der Waals surface area contributed by atoms with E-state index in [1.807, 2.05) is 6.92 Å². The zero-order valence-electron chi connectivity index (χ0n) is 13.6. The van der Waals surface area contributed by atoms with Crippen molar-refractivity contribution >= 4 is 12.1 Å². The Bertz CT molecular complexity index is 814. The van der Waals surface area contributed by atoms with Crippen LogP contribution in [0.2, 0.25) is 0 Å². The number of ether oxygens (including phenoxy) is 2. The summed E-state index contributed by atoms with van der Waals surface area (Å²) in [6.45, 7) is 4.08. The molecule has 0 fully saturated rings. The summed E-state index contributed by atoms with van der Waals surface area (Å²) in [5.41, 5.74) is 2.99. The number of rotatable bonds is 6. The number of aryl methyl sites for hydroxylation is 1. The third kappa shape index (κ3) is 4.42. The van der Waals surface area contributed by atoms with E-state index in [0.29, 0.717) is 29.4 Å². The van der Waals surface area contributed by atoms with Crippen molar-refractivity contribution in [2.45, 2.75) is 13.8 Å². The Balaban J connectivity index is 2.08. The van der Waals surface area contributed by atoms with Gasteiger partial charge in [-0.2, -0.15) is 10.1 Å². The van der Waals surface area contributed by atoms with Crippen LogP contribution in [0.5, 0.6) is 11.5 Å². The zero-order chi connectivity index (χ0) is 17.5. The third-order valence-electron chi connectivity index (χ3n) is 2.98. The smallest absolute Gasteiger partial charge is 0.345 e. The molecule has 1 aromatic carbocycles. The van der Waals surface area contributed by atoms with Crippen LogP contribution in [-0.4, -0.2) is 35.8 Å². The standard InChI is InChI=1S/C16H18N4O4/c1-4-24-13-6-5-11(8-14(13)23-3)9-17-20-15(21)12-7-10(2)18-16(22)19-12/h5-9H,4H2,1-3H3,(H,20,21)(H,18,19,22)/b17-9+. The van der Waals surface area contributed by atoms with Crippen molar-refractivity contribution in [3.05, 3.63) is 51.7 Å². The van der Waals surface area contributed by atoms with Gasteiger partial charge in [0, 0.05) is 5.69 Å². The molecule has 24 heavy (non-hydrogen) atoms. The number of hydrazone groups is 1. The Labute approximate surface area is 138 Å². The van der Waals surface area contributed by atoms with E-state index in [9.17, 15) is 9.59 Å². The molecule has 8 heteroatoms. The van der Waals surface area contributed by atoms with E-state index in [1.54, 1.807) is 32.2 Å². The lowest BCUT2D eigenvalue weighted by Crippen LogP contribution is -2.24. The number of carbonyl (C=O) groups is 1. The average Bonchev–Trinajstić information content (AvgIpc) is 2.55. The van der Waals surface area contributed by atoms with Crippen molar-refractivity contribution in [1.29, 1.82) is 0 Å². The molecule has 0 saturated heterocycles. The van der Waals surface area contributed by atoms with Crippen LogP contribution in [0.4, 0.5) is 0 Å². The number of aromatic nitrogens is 2. The number of hydrogen-bond acceptors (Lipinski definition) is 6. The van der Waals surface area contributed by atoms with Crippen LogP contribution in [0.1, 0.15) is 28.7 Å². The largest absolute Gasteiger partial charge is 0.493 e. The lowest BCUT2D eigenvalue weighted by atomic mass is 10.2. The average molecular weight is 330 g/mol. The highest BCUT2D eigenvalue weighted by molar-refractivity contribution is 5.93. The highest BCUT2D eigenvalue weighted by Crippen LogP contribution is 2.27. The van der Waals surface area contributed by atoms with Gasteiger partial charge in [0.15, 0.2) is 11.5 Å². The molecule has 1 amide bonds. The second kappa shape index (κ2) is 7.91. The van der Waals surface area contributed by atoms with Gasteiger partial charge in [-0.3, -0.25) is 4.79 Å². The first-order valence-electron chi connectivity index (χ1n) is 7.25. The number of carbonyl (C=O) groups excluding carboxylic acids is 1. The van der Waals surface area contributed by atoms with Crippen molar-refractivity contribution in [3.63, 3.8) is 0 Å². The fourth-order valence-electron chi connectivity index (χ4n) is 1.96. The highest BCUT2D eigenvalue weighted by atomic mass is 16.5. The predicted octanol–water partition coefficient (Wildman–Crippen LogP) is 1.25. The van der Waals surface area contributed by atoms with Gasteiger partial charge in [0.2, 0.25) is 0 Å². The van der Waals surface area contributed by atoms with Gasteiger partial charge in [0.25, 0.3) is 5.91 Å². The SMILES string of the molecule is CCOc1ccc(/C=N/NC(=O)c2cc(C)[nH]c(=O)n2)cc1OC. The molecule has 0 aliphatic carbocycles. The van der Waals surface area contributed by atoms with Crippen LogP contribution < -0.4 is 20.6 Å². The molecular formula is C16H18N4O4. The van der Waals surface area contributed by atoms with Gasteiger partial charge in [-0.25, -0.2) is 10.2 Å². The number of hydrogen-bond donors (Lipinski definition) is 2. The molecule has 0 bridgehead atoms. The molecule has 8 nitrogen and oxygen atoms in total. The van der Waals surface area contributed by atoms with E-state index in [2.05, 4.69) is 20.5 Å². The second-order valence-corrected chi connectivity index (χ2v) is 4.80. The van der Waals surface area contributed by atoms with Gasteiger partial charge in [0.1, 0.15) is 5.69 Å². The van der Waals surface area contributed by atoms with Gasteiger partial charge < -0.3 is 14.5 Å². The summed E-state index contributed by atoms with van der Waals surface area (Å²) in [7, 11) is 1.54. The van der Waals surface area contributed by atoms with Crippen LogP contribution in [0.3, 0.4) is 0 Å². The Kier molecular flexibility index (Phi) is 5.67. The summed E-state index contributed by atoms with van der Waals surface area (Å²) in [4.78, 5) is 29.2. The number of aromatic amines is 1. The van der Waals surface area contributed by atoms with Crippen molar-refractivity contribution < 1.29 is 14.3 Å². The molecule has 2 aromatic rings. The molecule has 126 valence electrons. The van der Waals surface area contributed by atoms with E-state index < -0.39 is 11.6 Å². The van der Waals surface area contributed by atoms with Crippen molar-refractivity contribution in [3.8, 4) is 11.5 Å². The van der Waals surface area contributed by atoms with Crippen molar-refractivity contribution in [2.24, 2.45) is 5.10 Å². The fraction of sp³-hybridized carbons (Fsp3) is 0.250. The van der Waals surface area contributed by atoms with Crippen LogP contribution in [0.15, 0.2) is 34.2 Å². The van der Waals surface area contributed by atoms with E-state index in [4.69, 9.17) is 9.47 Å². The summed E-state index contributed by atoms with van der Waals surface area (Å²) in [6.07, 6.45) is 1.45.